The molecule has 0 aliphatic carbocycles. The molecule has 0 unspecified atom stereocenters. The predicted octanol–water partition coefficient (Wildman–Crippen LogP) is 3.41. The summed E-state index contributed by atoms with van der Waals surface area (Å²) in [5, 5.41) is 0. The Kier molecular flexibility index (Phi) is 6.37. The molecular formula is C19H20O5. The van der Waals surface area contributed by atoms with Gasteiger partial charge in [-0.2, -0.15) is 0 Å². The summed E-state index contributed by atoms with van der Waals surface area (Å²) in [6, 6.07) is 13.6. The Morgan fingerprint density at radius 3 is 2.33 bits per heavy atom. The number of carbonyl (C=O) groups excluding carboxylic acids is 2. The maximum absolute atomic E-state index is 12.0. The van der Waals surface area contributed by atoms with E-state index in [2.05, 4.69) is 0 Å². The van der Waals surface area contributed by atoms with Crippen LogP contribution < -0.4 is 9.47 Å². The fourth-order valence-corrected chi connectivity index (χ4v) is 2.11. The fourth-order valence-electron chi connectivity index (χ4n) is 2.11. The summed E-state index contributed by atoms with van der Waals surface area (Å²) in [6.45, 7) is 4.53. The summed E-state index contributed by atoms with van der Waals surface area (Å²) in [6.07, 6.45) is 0.135. The Morgan fingerprint density at radius 2 is 1.67 bits per heavy atom. The van der Waals surface area contributed by atoms with Crippen LogP contribution in [0.4, 0.5) is 0 Å². The molecule has 0 aliphatic heterocycles. The van der Waals surface area contributed by atoms with E-state index in [-0.39, 0.29) is 6.42 Å². The molecule has 0 N–H and O–H groups in total. The van der Waals surface area contributed by atoms with Crippen molar-refractivity contribution >= 4 is 11.9 Å². The summed E-state index contributed by atoms with van der Waals surface area (Å²) >= 11 is 0. The summed E-state index contributed by atoms with van der Waals surface area (Å²) in [7, 11) is 0. The minimum absolute atomic E-state index is 0.135. The highest BCUT2D eigenvalue weighted by Gasteiger charge is 2.10. The Balaban J connectivity index is 1.96. The van der Waals surface area contributed by atoms with Crippen LogP contribution in [0.2, 0.25) is 0 Å². The third kappa shape index (κ3) is 5.12. The average molecular weight is 328 g/mol. The summed E-state index contributed by atoms with van der Waals surface area (Å²) in [4.78, 5) is 23.7. The van der Waals surface area contributed by atoms with Gasteiger partial charge in [-0.1, -0.05) is 18.2 Å². The Morgan fingerprint density at radius 1 is 0.917 bits per heavy atom. The van der Waals surface area contributed by atoms with Crippen LogP contribution in [0.25, 0.3) is 0 Å². The molecule has 5 nitrogen and oxygen atoms in total. The van der Waals surface area contributed by atoms with Crippen molar-refractivity contribution in [1.82, 2.24) is 0 Å². The Bertz CT molecular complexity index is 691. The van der Waals surface area contributed by atoms with Crippen LogP contribution in [0.1, 0.15) is 29.8 Å². The lowest BCUT2D eigenvalue weighted by atomic mass is 10.1. The molecule has 126 valence electrons. The zero-order valence-corrected chi connectivity index (χ0v) is 13.8. The van der Waals surface area contributed by atoms with Crippen LogP contribution in [0, 0.1) is 0 Å². The van der Waals surface area contributed by atoms with E-state index in [9.17, 15) is 9.59 Å². The van der Waals surface area contributed by atoms with Crippen LogP contribution in [0.3, 0.4) is 0 Å². The molecule has 2 aromatic rings. The number of benzene rings is 2. The monoisotopic (exact) mass is 328 g/mol. The molecule has 0 aliphatic rings. The minimum atomic E-state index is -0.443. The van der Waals surface area contributed by atoms with Crippen LogP contribution in [-0.4, -0.2) is 25.2 Å². The van der Waals surface area contributed by atoms with Gasteiger partial charge in [-0.05, 0) is 49.7 Å². The molecule has 2 aromatic carbocycles. The largest absolute Gasteiger partial charge is 0.494 e. The third-order valence-corrected chi connectivity index (χ3v) is 3.16. The molecule has 0 saturated heterocycles. The number of rotatable bonds is 7. The van der Waals surface area contributed by atoms with Crippen molar-refractivity contribution in [3.63, 3.8) is 0 Å². The van der Waals surface area contributed by atoms with Gasteiger partial charge >= 0.3 is 11.9 Å². The summed E-state index contributed by atoms with van der Waals surface area (Å²) in [5.41, 5.74) is 1.17. The predicted molar refractivity (Wildman–Crippen MR) is 89.3 cm³/mol. The number of hydrogen-bond donors (Lipinski definition) is 0. The molecule has 0 bridgehead atoms. The van der Waals surface area contributed by atoms with Crippen molar-refractivity contribution < 1.29 is 23.8 Å². The number of esters is 2. The molecule has 0 radical (unpaired) electrons. The van der Waals surface area contributed by atoms with Crippen LogP contribution >= 0.6 is 0 Å². The van der Waals surface area contributed by atoms with Crippen LogP contribution in [0.15, 0.2) is 48.5 Å². The van der Waals surface area contributed by atoms with Gasteiger partial charge in [0.2, 0.25) is 0 Å². The van der Waals surface area contributed by atoms with E-state index >= 15 is 0 Å². The SMILES string of the molecule is CCOC(=O)c1cccc(OC(=O)Cc2ccc(OCC)cc2)c1. The molecule has 2 rings (SSSR count). The van der Waals surface area contributed by atoms with Gasteiger partial charge in [-0.15, -0.1) is 0 Å². The highest BCUT2D eigenvalue weighted by molar-refractivity contribution is 5.90. The van der Waals surface area contributed by atoms with Gasteiger partial charge in [-0.25, -0.2) is 4.79 Å². The molecule has 0 atom stereocenters. The lowest BCUT2D eigenvalue weighted by molar-refractivity contribution is -0.133. The molecule has 0 saturated carbocycles. The van der Waals surface area contributed by atoms with Gasteiger partial charge in [0.15, 0.2) is 0 Å². The van der Waals surface area contributed by atoms with Crippen molar-refractivity contribution in [3.05, 3.63) is 59.7 Å². The Hall–Kier alpha value is -2.82. The van der Waals surface area contributed by atoms with Crippen molar-refractivity contribution in [2.45, 2.75) is 20.3 Å². The molecule has 0 heterocycles. The number of ether oxygens (including phenoxy) is 3. The van der Waals surface area contributed by atoms with Crippen LogP contribution in [0.5, 0.6) is 11.5 Å². The number of carbonyl (C=O) groups is 2. The standard InChI is InChI=1S/C19H20O5/c1-3-22-16-10-8-14(9-11-16)12-18(20)24-17-7-5-6-15(13-17)19(21)23-4-2/h5-11,13H,3-4,12H2,1-2H3. The molecule has 0 aromatic heterocycles. The first-order valence-corrected chi connectivity index (χ1v) is 7.82. The lowest BCUT2D eigenvalue weighted by Crippen LogP contribution is -2.12. The second-order valence-electron chi connectivity index (χ2n) is 4.98. The van der Waals surface area contributed by atoms with E-state index in [0.29, 0.717) is 24.5 Å². The van der Waals surface area contributed by atoms with Crippen molar-refractivity contribution in [2.75, 3.05) is 13.2 Å². The van der Waals surface area contributed by atoms with E-state index < -0.39 is 11.9 Å². The first-order chi connectivity index (χ1) is 11.6. The summed E-state index contributed by atoms with van der Waals surface area (Å²) in [5.74, 6) is 0.232. The lowest BCUT2D eigenvalue weighted by Gasteiger charge is -2.07. The number of hydrogen-bond acceptors (Lipinski definition) is 5. The molecule has 0 spiro atoms. The average Bonchev–Trinajstić information content (AvgIpc) is 2.57. The molecule has 24 heavy (non-hydrogen) atoms. The maximum atomic E-state index is 12.0. The van der Waals surface area contributed by atoms with E-state index in [1.165, 1.54) is 6.07 Å². The minimum Gasteiger partial charge on any atom is -0.494 e. The Labute approximate surface area is 141 Å². The quantitative estimate of drug-likeness (QED) is 0.576. The normalized spacial score (nSPS) is 10.1. The fraction of sp³-hybridized carbons (Fsp3) is 0.263. The second kappa shape index (κ2) is 8.72. The highest BCUT2D eigenvalue weighted by atomic mass is 16.5. The molecule has 0 fully saturated rings. The van der Waals surface area contributed by atoms with Crippen LogP contribution in [-0.2, 0) is 16.0 Å². The van der Waals surface area contributed by atoms with E-state index in [1.54, 1.807) is 25.1 Å². The van der Waals surface area contributed by atoms with Crippen molar-refractivity contribution in [1.29, 1.82) is 0 Å². The first kappa shape index (κ1) is 17.5. The topological polar surface area (TPSA) is 61.8 Å². The maximum Gasteiger partial charge on any atom is 0.338 e. The molecular weight excluding hydrogens is 308 g/mol. The third-order valence-electron chi connectivity index (χ3n) is 3.16. The van der Waals surface area contributed by atoms with E-state index in [1.807, 2.05) is 31.2 Å². The van der Waals surface area contributed by atoms with E-state index in [4.69, 9.17) is 14.2 Å². The van der Waals surface area contributed by atoms with Crippen molar-refractivity contribution in [3.8, 4) is 11.5 Å². The zero-order chi connectivity index (χ0) is 17.4. The van der Waals surface area contributed by atoms with Gasteiger partial charge in [0, 0.05) is 0 Å². The van der Waals surface area contributed by atoms with Gasteiger partial charge in [0.05, 0.1) is 25.2 Å². The van der Waals surface area contributed by atoms with Crippen molar-refractivity contribution in [2.24, 2.45) is 0 Å². The first-order valence-electron chi connectivity index (χ1n) is 7.82. The van der Waals surface area contributed by atoms with Gasteiger partial charge in [-0.3, -0.25) is 4.79 Å². The molecule has 5 heteroatoms. The van der Waals surface area contributed by atoms with E-state index in [0.717, 1.165) is 11.3 Å². The highest BCUT2D eigenvalue weighted by Crippen LogP contribution is 2.16. The molecule has 0 amide bonds. The van der Waals surface area contributed by atoms with Gasteiger partial charge < -0.3 is 14.2 Å². The smallest absolute Gasteiger partial charge is 0.338 e. The zero-order valence-electron chi connectivity index (χ0n) is 13.8. The second-order valence-corrected chi connectivity index (χ2v) is 4.98. The van der Waals surface area contributed by atoms with Gasteiger partial charge in [0.25, 0.3) is 0 Å². The van der Waals surface area contributed by atoms with Gasteiger partial charge in [0.1, 0.15) is 11.5 Å². The summed E-state index contributed by atoms with van der Waals surface area (Å²) < 4.78 is 15.6.